The molecule has 0 bridgehead atoms. The van der Waals surface area contributed by atoms with E-state index in [9.17, 15) is 4.79 Å². The zero-order valence-corrected chi connectivity index (χ0v) is 17.4. The molecule has 144 valence electrons. The molecule has 3 aromatic carbocycles. The zero-order valence-electron chi connectivity index (χ0n) is 16.6. The number of carbonyl (C=O) groups is 1. The second-order valence-electron chi connectivity index (χ2n) is 7.10. The van der Waals surface area contributed by atoms with Crippen LogP contribution in [0.25, 0.3) is 0 Å². The van der Waals surface area contributed by atoms with Gasteiger partial charge in [-0.2, -0.15) is 0 Å². The summed E-state index contributed by atoms with van der Waals surface area (Å²) in [6, 6.07) is 26.3. The molecular weight excluding hydrogens is 364 g/mol. The molecule has 3 rings (SSSR count). The van der Waals surface area contributed by atoms with Crippen LogP contribution in [0.15, 0.2) is 83.8 Å². The quantitative estimate of drug-likeness (QED) is 0.308. The second kappa shape index (κ2) is 9.61. The molecule has 2 nitrogen and oxygen atoms in total. The molecule has 0 radical (unpaired) electrons. The van der Waals surface area contributed by atoms with Crippen LogP contribution in [0.2, 0.25) is 0 Å². The standard InChI is InChI=1S/C25H26O2S/c1-18(2)19-9-11-21(12-10-19)25(28-23-7-5-4-6-8-23)17-24(26)20-13-15-22(27-3)16-14-20/h4-16,18,25H,17H2,1-3H3/t25-/m0/s1. The first-order valence-electron chi connectivity index (χ1n) is 9.55. The van der Waals surface area contributed by atoms with Gasteiger partial charge in [0.2, 0.25) is 0 Å². The van der Waals surface area contributed by atoms with Gasteiger partial charge in [0.05, 0.1) is 7.11 Å². The van der Waals surface area contributed by atoms with Gasteiger partial charge >= 0.3 is 0 Å². The third-order valence-electron chi connectivity index (χ3n) is 4.78. The summed E-state index contributed by atoms with van der Waals surface area (Å²) in [7, 11) is 1.63. The van der Waals surface area contributed by atoms with Crippen LogP contribution in [-0.2, 0) is 0 Å². The van der Waals surface area contributed by atoms with E-state index in [-0.39, 0.29) is 11.0 Å². The second-order valence-corrected chi connectivity index (χ2v) is 8.37. The predicted molar refractivity (Wildman–Crippen MR) is 118 cm³/mol. The Morgan fingerprint density at radius 2 is 1.46 bits per heavy atom. The monoisotopic (exact) mass is 390 g/mol. The number of benzene rings is 3. The Labute approximate surface area is 171 Å². The molecule has 28 heavy (non-hydrogen) atoms. The lowest BCUT2D eigenvalue weighted by Gasteiger charge is -2.18. The Bertz CT molecular complexity index is 884. The average molecular weight is 391 g/mol. The fourth-order valence-electron chi connectivity index (χ4n) is 3.05. The van der Waals surface area contributed by atoms with Crippen LogP contribution >= 0.6 is 11.8 Å². The molecule has 0 aliphatic heterocycles. The van der Waals surface area contributed by atoms with Crippen molar-refractivity contribution in [3.63, 3.8) is 0 Å². The molecule has 0 unspecified atom stereocenters. The number of methoxy groups -OCH3 is 1. The van der Waals surface area contributed by atoms with Gasteiger partial charge in [-0.3, -0.25) is 4.79 Å². The van der Waals surface area contributed by atoms with Gasteiger partial charge in [0.1, 0.15) is 5.75 Å². The van der Waals surface area contributed by atoms with Crippen molar-refractivity contribution >= 4 is 17.5 Å². The Morgan fingerprint density at radius 1 is 0.857 bits per heavy atom. The van der Waals surface area contributed by atoms with E-state index < -0.39 is 0 Å². The Morgan fingerprint density at radius 3 is 2.04 bits per heavy atom. The number of hydrogen-bond donors (Lipinski definition) is 0. The van der Waals surface area contributed by atoms with E-state index in [0.717, 1.165) is 11.3 Å². The van der Waals surface area contributed by atoms with Gasteiger partial charge in [0.15, 0.2) is 5.78 Å². The van der Waals surface area contributed by atoms with Gasteiger partial charge in [-0.1, -0.05) is 56.3 Å². The molecule has 0 N–H and O–H groups in total. The molecule has 0 heterocycles. The normalized spacial score (nSPS) is 12.0. The number of thioether (sulfide) groups is 1. The third kappa shape index (κ3) is 5.26. The fraction of sp³-hybridized carbons (Fsp3) is 0.240. The third-order valence-corrected chi connectivity index (χ3v) is 6.05. The minimum Gasteiger partial charge on any atom is -0.497 e. The first-order chi connectivity index (χ1) is 13.6. The Hall–Kier alpha value is -2.52. The highest BCUT2D eigenvalue weighted by molar-refractivity contribution is 7.99. The molecule has 0 aliphatic rings. The number of Topliss-reactive ketones (excluding diaryl/α,β-unsaturated/α-hetero) is 1. The topological polar surface area (TPSA) is 26.3 Å². The summed E-state index contributed by atoms with van der Waals surface area (Å²) in [4.78, 5) is 14.1. The van der Waals surface area contributed by atoms with Gasteiger partial charge in [0.25, 0.3) is 0 Å². The predicted octanol–water partition coefficient (Wildman–Crippen LogP) is 6.93. The fourth-order valence-corrected chi connectivity index (χ4v) is 4.22. The van der Waals surface area contributed by atoms with Crippen molar-refractivity contribution in [2.45, 2.75) is 36.3 Å². The lowest BCUT2D eigenvalue weighted by molar-refractivity contribution is 0.0982. The van der Waals surface area contributed by atoms with Crippen molar-refractivity contribution in [2.24, 2.45) is 0 Å². The minimum absolute atomic E-state index is 0.0678. The lowest BCUT2D eigenvalue weighted by atomic mass is 9.98. The van der Waals surface area contributed by atoms with Crippen LogP contribution < -0.4 is 4.74 Å². The summed E-state index contributed by atoms with van der Waals surface area (Å²) in [6.07, 6.45) is 0.451. The molecule has 3 aromatic rings. The summed E-state index contributed by atoms with van der Waals surface area (Å²) in [5.41, 5.74) is 3.21. The molecule has 1 atom stereocenters. The van der Waals surface area contributed by atoms with Crippen molar-refractivity contribution in [1.82, 2.24) is 0 Å². The van der Waals surface area contributed by atoms with E-state index in [0.29, 0.717) is 12.3 Å². The van der Waals surface area contributed by atoms with E-state index in [1.807, 2.05) is 42.5 Å². The van der Waals surface area contributed by atoms with Crippen molar-refractivity contribution < 1.29 is 9.53 Å². The number of ketones is 1. The van der Waals surface area contributed by atoms with E-state index in [2.05, 4.69) is 50.2 Å². The number of rotatable bonds is 8. The van der Waals surface area contributed by atoms with Gasteiger partial charge < -0.3 is 4.74 Å². The van der Waals surface area contributed by atoms with Crippen LogP contribution in [-0.4, -0.2) is 12.9 Å². The summed E-state index contributed by atoms with van der Waals surface area (Å²) in [6.45, 7) is 4.39. The van der Waals surface area contributed by atoms with Crippen molar-refractivity contribution in [3.05, 3.63) is 95.6 Å². The summed E-state index contributed by atoms with van der Waals surface area (Å²) >= 11 is 1.74. The van der Waals surface area contributed by atoms with Crippen LogP contribution in [0.4, 0.5) is 0 Å². The zero-order chi connectivity index (χ0) is 19.9. The Kier molecular flexibility index (Phi) is 6.94. The number of ether oxygens (including phenoxy) is 1. The molecule has 0 spiro atoms. The Balaban J connectivity index is 1.83. The molecule has 0 saturated carbocycles. The van der Waals surface area contributed by atoms with E-state index in [1.165, 1.54) is 16.0 Å². The largest absolute Gasteiger partial charge is 0.497 e. The first kappa shape index (κ1) is 20.2. The van der Waals surface area contributed by atoms with Crippen LogP contribution in [0, 0.1) is 0 Å². The first-order valence-corrected chi connectivity index (χ1v) is 10.4. The van der Waals surface area contributed by atoms with Gasteiger partial charge in [-0.25, -0.2) is 0 Å². The van der Waals surface area contributed by atoms with Crippen molar-refractivity contribution in [3.8, 4) is 5.75 Å². The van der Waals surface area contributed by atoms with Crippen LogP contribution in [0.3, 0.4) is 0 Å². The lowest BCUT2D eigenvalue weighted by Crippen LogP contribution is -2.06. The van der Waals surface area contributed by atoms with Crippen molar-refractivity contribution in [2.75, 3.05) is 7.11 Å². The van der Waals surface area contributed by atoms with Crippen LogP contribution in [0.5, 0.6) is 5.75 Å². The summed E-state index contributed by atoms with van der Waals surface area (Å²) < 4.78 is 5.19. The number of carbonyl (C=O) groups excluding carboxylic acids is 1. The van der Waals surface area contributed by atoms with E-state index >= 15 is 0 Å². The number of hydrogen-bond acceptors (Lipinski definition) is 3. The van der Waals surface area contributed by atoms with E-state index in [1.54, 1.807) is 18.9 Å². The van der Waals surface area contributed by atoms with Crippen molar-refractivity contribution in [1.29, 1.82) is 0 Å². The average Bonchev–Trinajstić information content (AvgIpc) is 2.74. The SMILES string of the molecule is COc1ccc(C(=O)C[C@H](Sc2ccccc2)c2ccc(C(C)C)cc2)cc1. The maximum Gasteiger partial charge on any atom is 0.164 e. The minimum atomic E-state index is 0.0678. The van der Waals surface area contributed by atoms with Gasteiger partial charge in [-0.05, 0) is 53.4 Å². The van der Waals surface area contributed by atoms with E-state index in [4.69, 9.17) is 4.74 Å². The molecule has 3 heteroatoms. The molecule has 0 aromatic heterocycles. The highest BCUT2D eigenvalue weighted by atomic mass is 32.2. The molecule has 0 aliphatic carbocycles. The summed E-state index contributed by atoms with van der Waals surface area (Å²) in [5.74, 6) is 1.40. The molecule has 0 fully saturated rings. The van der Waals surface area contributed by atoms with Gasteiger partial charge in [0, 0.05) is 22.1 Å². The maximum absolute atomic E-state index is 12.9. The van der Waals surface area contributed by atoms with Crippen LogP contribution in [0.1, 0.15) is 52.9 Å². The highest BCUT2D eigenvalue weighted by Crippen LogP contribution is 2.39. The highest BCUT2D eigenvalue weighted by Gasteiger charge is 2.19. The smallest absolute Gasteiger partial charge is 0.164 e. The molecular formula is C25H26O2S. The van der Waals surface area contributed by atoms with Gasteiger partial charge in [-0.15, -0.1) is 11.8 Å². The maximum atomic E-state index is 12.9. The molecule has 0 amide bonds. The summed E-state index contributed by atoms with van der Waals surface area (Å²) in [5, 5.41) is 0.0678. The molecule has 0 saturated heterocycles.